The molecule has 0 heterocycles. The Balaban J connectivity index is 3.73. The predicted octanol–water partition coefficient (Wildman–Crippen LogP) is 1.76. The molecule has 5 N–H and O–H groups in total. The highest BCUT2D eigenvalue weighted by molar-refractivity contribution is 14.1. The maximum atomic E-state index is 11.1. The Bertz CT molecular complexity index is 461. The number of rotatable bonds is 2. The lowest BCUT2D eigenvalue weighted by atomic mass is 10.1. The van der Waals surface area contributed by atoms with Crippen LogP contribution < -0.4 is 5.73 Å². The quantitative estimate of drug-likeness (QED) is 0.251. The number of aliphatic hydroxyl groups is 2. The lowest BCUT2D eigenvalue weighted by Crippen LogP contribution is -2.14. The van der Waals surface area contributed by atoms with E-state index >= 15 is 0 Å². The lowest BCUT2D eigenvalue weighted by molar-refractivity contribution is -0.0437. The summed E-state index contributed by atoms with van der Waals surface area (Å²) in [6, 6.07) is 0. The number of nitrogen functional groups attached to an aromatic ring is 1. The Morgan fingerprint density at radius 3 is 2.00 bits per heavy atom. The molecule has 0 saturated carbocycles. The second kappa shape index (κ2) is 5.49. The van der Waals surface area contributed by atoms with Crippen molar-refractivity contribution in [1.29, 1.82) is 0 Å². The van der Waals surface area contributed by atoms with Crippen molar-refractivity contribution in [3.05, 3.63) is 21.8 Å². The number of anilines is 1. The van der Waals surface area contributed by atoms with E-state index in [2.05, 4.69) is 0 Å². The molecule has 0 fully saturated rings. The van der Waals surface area contributed by atoms with Gasteiger partial charge in [0.2, 0.25) is 0 Å². The van der Waals surface area contributed by atoms with Crippen LogP contribution in [0.3, 0.4) is 0 Å². The summed E-state index contributed by atoms with van der Waals surface area (Å²) in [4.78, 5) is 11.1. The minimum Gasteiger partial charge on any atom is -0.478 e. The van der Waals surface area contributed by atoms with Gasteiger partial charge >= 0.3 is 5.97 Å². The van der Waals surface area contributed by atoms with Crippen molar-refractivity contribution < 1.29 is 20.1 Å². The van der Waals surface area contributed by atoms with Crippen LogP contribution in [-0.2, 0) is 0 Å². The SMILES string of the molecule is Nc1c(I)c(C(=O)O)c(I)c(C(O)O)c1I. The second-order valence-corrected chi connectivity index (χ2v) is 6.06. The molecule has 0 unspecified atom stereocenters. The van der Waals surface area contributed by atoms with Crippen molar-refractivity contribution in [3.63, 3.8) is 0 Å². The van der Waals surface area contributed by atoms with Crippen molar-refractivity contribution in [2.45, 2.75) is 6.29 Å². The van der Waals surface area contributed by atoms with Crippen molar-refractivity contribution in [2.24, 2.45) is 0 Å². The Hall–Kier alpha value is 0.600. The van der Waals surface area contributed by atoms with Gasteiger partial charge in [-0.2, -0.15) is 0 Å². The molecule has 1 aromatic carbocycles. The molecule has 88 valence electrons. The third-order valence-electron chi connectivity index (χ3n) is 1.86. The Morgan fingerprint density at radius 1 is 1.12 bits per heavy atom. The number of carbonyl (C=O) groups is 1. The van der Waals surface area contributed by atoms with E-state index in [1.165, 1.54) is 0 Å². The number of carboxylic acids is 1. The molecule has 1 rings (SSSR count). The predicted molar refractivity (Wildman–Crippen MR) is 83.1 cm³/mol. The van der Waals surface area contributed by atoms with Gasteiger partial charge < -0.3 is 21.1 Å². The molecule has 0 atom stereocenters. The summed E-state index contributed by atoms with van der Waals surface area (Å²) in [5.41, 5.74) is 6.11. The number of halogens is 3. The topological polar surface area (TPSA) is 104 Å². The minimum atomic E-state index is -1.74. The molecule has 8 heteroatoms. The molecule has 0 spiro atoms. The van der Waals surface area contributed by atoms with Gasteiger partial charge in [-0.25, -0.2) is 4.79 Å². The summed E-state index contributed by atoms with van der Waals surface area (Å²) < 4.78 is 1.16. The van der Waals surface area contributed by atoms with E-state index in [0.29, 0.717) is 10.7 Å². The zero-order chi connectivity index (χ0) is 12.6. The van der Waals surface area contributed by atoms with Crippen molar-refractivity contribution in [3.8, 4) is 0 Å². The Morgan fingerprint density at radius 2 is 1.62 bits per heavy atom. The maximum absolute atomic E-state index is 11.1. The number of benzene rings is 1. The average molecular weight is 561 g/mol. The van der Waals surface area contributed by atoms with Crippen LogP contribution >= 0.6 is 67.8 Å². The normalized spacial score (nSPS) is 10.9. The average Bonchev–Trinajstić information content (AvgIpc) is 2.13. The molecule has 0 aliphatic heterocycles. The fourth-order valence-corrected chi connectivity index (χ4v) is 5.30. The van der Waals surface area contributed by atoms with Crippen LogP contribution in [0.15, 0.2) is 0 Å². The van der Waals surface area contributed by atoms with Crippen molar-refractivity contribution in [1.82, 2.24) is 0 Å². The van der Waals surface area contributed by atoms with Crippen LogP contribution in [0.25, 0.3) is 0 Å². The first-order valence-electron chi connectivity index (χ1n) is 3.84. The van der Waals surface area contributed by atoms with Crippen LogP contribution in [0.2, 0.25) is 0 Å². The first kappa shape index (κ1) is 14.7. The van der Waals surface area contributed by atoms with E-state index in [-0.39, 0.29) is 16.8 Å². The number of aromatic carboxylic acids is 1. The molecular weight excluding hydrogens is 555 g/mol. The van der Waals surface area contributed by atoms with E-state index in [1.807, 2.05) is 45.2 Å². The van der Waals surface area contributed by atoms with Crippen LogP contribution in [0.1, 0.15) is 22.2 Å². The van der Waals surface area contributed by atoms with Gasteiger partial charge in [0.05, 0.1) is 14.8 Å². The number of carboxylic acid groups (broad SMARTS) is 1. The summed E-state index contributed by atoms with van der Waals surface area (Å²) in [5.74, 6) is -1.14. The smallest absolute Gasteiger partial charge is 0.337 e. The van der Waals surface area contributed by atoms with Gasteiger partial charge in [-0.3, -0.25) is 0 Å². The zero-order valence-corrected chi connectivity index (χ0v) is 14.0. The summed E-state index contributed by atoms with van der Waals surface area (Å²) in [7, 11) is 0. The number of hydrogen-bond acceptors (Lipinski definition) is 4. The van der Waals surface area contributed by atoms with Crippen LogP contribution in [0.4, 0.5) is 5.69 Å². The van der Waals surface area contributed by atoms with Crippen LogP contribution in [-0.4, -0.2) is 21.3 Å². The van der Waals surface area contributed by atoms with Gasteiger partial charge in [-0.1, -0.05) is 0 Å². The Labute approximate surface area is 132 Å². The third kappa shape index (κ3) is 2.54. The molecular formula is C8H6I3NO4. The van der Waals surface area contributed by atoms with E-state index < -0.39 is 12.3 Å². The van der Waals surface area contributed by atoms with E-state index in [4.69, 9.17) is 10.8 Å². The molecule has 5 nitrogen and oxygen atoms in total. The second-order valence-electron chi connectivity index (χ2n) is 2.82. The van der Waals surface area contributed by atoms with Gasteiger partial charge in [-0.15, -0.1) is 0 Å². The third-order valence-corrected chi connectivity index (χ3v) is 5.26. The van der Waals surface area contributed by atoms with E-state index in [9.17, 15) is 15.0 Å². The lowest BCUT2D eigenvalue weighted by Gasteiger charge is -2.16. The largest absolute Gasteiger partial charge is 0.478 e. The van der Waals surface area contributed by atoms with E-state index in [0.717, 1.165) is 0 Å². The molecule has 0 bridgehead atoms. The first-order valence-corrected chi connectivity index (χ1v) is 7.07. The van der Waals surface area contributed by atoms with E-state index in [1.54, 1.807) is 22.6 Å². The molecule has 0 amide bonds. The summed E-state index contributed by atoms with van der Waals surface area (Å²) >= 11 is 5.47. The monoisotopic (exact) mass is 561 g/mol. The fourth-order valence-electron chi connectivity index (χ4n) is 1.12. The van der Waals surface area contributed by atoms with Crippen molar-refractivity contribution >= 4 is 79.4 Å². The molecule has 0 aromatic heterocycles. The highest BCUT2D eigenvalue weighted by atomic mass is 127. The molecule has 0 aliphatic rings. The highest BCUT2D eigenvalue weighted by Crippen LogP contribution is 2.36. The standard InChI is InChI=1S/C8H6I3NO4/c9-3-1(7(13)14)4(10)6(12)5(11)2(3)8(15)16/h7,13-14H,12H2,(H,15,16). The van der Waals surface area contributed by atoms with Crippen LogP contribution in [0, 0.1) is 10.7 Å². The van der Waals surface area contributed by atoms with Gasteiger partial charge in [0.15, 0.2) is 6.29 Å². The molecule has 0 saturated heterocycles. The van der Waals surface area contributed by atoms with Gasteiger partial charge in [0.25, 0.3) is 0 Å². The highest BCUT2D eigenvalue weighted by Gasteiger charge is 2.25. The van der Waals surface area contributed by atoms with Crippen LogP contribution in [0.5, 0.6) is 0 Å². The number of nitrogens with two attached hydrogens (primary N) is 1. The summed E-state index contributed by atoms with van der Waals surface area (Å²) in [6.07, 6.45) is -1.74. The summed E-state index contributed by atoms with van der Waals surface area (Å²) in [5, 5.41) is 27.4. The Kier molecular flexibility index (Phi) is 5.03. The minimum absolute atomic E-state index is 0.00205. The van der Waals surface area contributed by atoms with Crippen molar-refractivity contribution in [2.75, 3.05) is 5.73 Å². The summed E-state index contributed by atoms with van der Waals surface area (Å²) in [6.45, 7) is 0. The number of aliphatic hydroxyl groups excluding tert-OH is 1. The molecule has 1 aromatic rings. The van der Waals surface area contributed by atoms with Gasteiger partial charge in [-0.05, 0) is 67.8 Å². The maximum Gasteiger partial charge on any atom is 0.337 e. The molecule has 16 heavy (non-hydrogen) atoms. The van der Waals surface area contributed by atoms with Gasteiger partial charge in [0.1, 0.15) is 0 Å². The number of hydrogen-bond donors (Lipinski definition) is 4. The van der Waals surface area contributed by atoms with Gasteiger partial charge in [0, 0.05) is 12.7 Å². The fraction of sp³-hybridized carbons (Fsp3) is 0.125. The molecule has 0 radical (unpaired) electrons. The molecule has 0 aliphatic carbocycles. The first-order chi connectivity index (χ1) is 7.29. The zero-order valence-electron chi connectivity index (χ0n) is 7.54.